The molecule has 1 aromatic rings. The Kier molecular flexibility index (Phi) is 3.02. The molecule has 76 valence electrons. The standard InChI is InChI=1S/C12H16OS/c1-10-6-8-12(9-7-10)14(13)11-4-2-3-5-11/h6-9,11H,2-5H2,1H3/t14-/m0/s1. The molecule has 1 atom stereocenters. The van der Waals surface area contributed by atoms with Gasteiger partial charge in [-0.2, -0.15) is 0 Å². The van der Waals surface area contributed by atoms with Gasteiger partial charge in [0.15, 0.2) is 0 Å². The van der Waals surface area contributed by atoms with Crippen LogP contribution in [0.2, 0.25) is 0 Å². The Morgan fingerprint density at radius 2 is 1.71 bits per heavy atom. The highest BCUT2D eigenvalue weighted by atomic mass is 32.2. The van der Waals surface area contributed by atoms with Crippen molar-refractivity contribution in [2.45, 2.75) is 42.8 Å². The first kappa shape index (κ1) is 9.91. The first-order valence-electron chi connectivity index (χ1n) is 5.24. The molecule has 14 heavy (non-hydrogen) atoms. The van der Waals surface area contributed by atoms with Crippen molar-refractivity contribution in [3.8, 4) is 0 Å². The Balaban J connectivity index is 2.14. The Bertz CT molecular complexity index is 323. The van der Waals surface area contributed by atoms with E-state index in [4.69, 9.17) is 0 Å². The minimum Gasteiger partial charge on any atom is -0.254 e. The monoisotopic (exact) mass is 208 g/mol. The molecule has 0 bridgehead atoms. The van der Waals surface area contributed by atoms with Crippen LogP contribution in [0.25, 0.3) is 0 Å². The van der Waals surface area contributed by atoms with Gasteiger partial charge in [-0.25, -0.2) is 0 Å². The molecule has 0 unspecified atom stereocenters. The van der Waals surface area contributed by atoms with Gasteiger partial charge in [-0.05, 0) is 31.9 Å². The number of hydrogen-bond donors (Lipinski definition) is 0. The normalized spacial score (nSPS) is 19.8. The van der Waals surface area contributed by atoms with Crippen LogP contribution in [0.3, 0.4) is 0 Å². The summed E-state index contributed by atoms with van der Waals surface area (Å²) < 4.78 is 12.1. The van der Waals surface area contributed by atoms with Gasteiger partial charge in [0, 0.05) is 10.1 Å². The lowest BCUT2D eigenvalue weighted by Gasteiger charge is -2.08. The first-order chi connectivity index (χ1) is 6.77. The summed E-state index contributed by atoms with van der Waals surface area (Å²) in [5, 5.41) is 0.415. The molecule has 2 heteroatoms. The summed E-state index contributed by atoms with van der Waals surface area (Å²) in [6.45, 7) is 2.06. The van der Waals surface area contributed by atoms with Crippen LogP contribution in [0.4, 0.5) is 0 Å². The average Bonchev–Trinajstić information content (AvgIpc) is 2.71. The molecule has 1 aliphatic carbocycles. The van der Waals surface area contributed by atoms with E-state index in [9.17, 15) is 4.21 Å². The van der Waals surface area contributed by atoms with Crippen LogP contribution in [0, 0.1) is 6.92 Å². The van der Waals surface area contributed by atoms with Gasteiger partial charge in [0.1, 0.15) is 0 Å². The van der Waals surface area contributed by atoms with E-state index in [1.165, 1.54) is 18.4 Å². The zero-order valence-corrected chi connectivity index (χ0v) is 9.35. The molecule has 1 fully saturated rings. The van der Waals surface area contributed by atoms with Crippen molar-refractivity contribution in [2.75, 3.05) is 0 Å². The predicted octanol–water partition coefficient (Wildman–Crippen LogP) is 3.05. The van der Waals surface area contributed by atoms with E-state index in [-0.39, 0.29) is 0 Å². The Morgan fingerprint density at radius 1 is 1.14 bits per heavy atom. The van der Waals surface area contributed by atoms with Gasteiger partial charge in [-0.1, -0.05) is 30.5 Å². The molecule has 0 spiro atoms. The molecule has 2 rings (SSSR count). The maximum Gasteiger partial charge on any atom is 0.0560 e. The predicted molar refractivity (Wildman–Crippen MR) is 59.8 cm³/mol. The molecule has 0 aromatic heterocycles. The van der Waals surface area contributed by atoms with Crippen molar-refractivity contribution in [3.63, 3.8) is 0 Å². The minimum absolute atomic E-state index is 0.415. The fourth-order valence-electron chi connectivity index (χ4n) is 1.97. The molecule has 1 aromatic carbocycles. The largest absolute Gasteiger partial charge is 0.254 e. The molecule has 1 aliphatic rings. The summed E-state index contributed by atoms with van der Waals surface area (Å²) in [4.78, 5) is 1.00. The van der Waals surface area contributed by atoms with E-state index < -0.39 is 10.8 Å². The smallest absolute Gasteiger partial charge is 0.0560 e. The number of aryl methyl sites for hydroxylation is 1. The molecule has 0 amide bonds. The van der Waals surface area contributed by atoms with Crippen LogP contribution in [-0.4, -0.2) is 9.46 Å². The fraction of sp³-hybridized carbons (Fsp3) is 0.500. The zero-order chi connectivity index (χ0) is 9.97. The zero-order valence-electron chi connectivity index (χ0n) is 8.53. The van der Waals surface area contributed by atoms with Crippen molar-refractivity contribution in [3.05, 3.63) is 29.8 Å². The summed E-state index contributed by atoms with van der Waals surface area (Å²) in [5.74, 6) is 0. The van der Waals surface area contributed by atoms with E-state index in [0.717, 1.165) is 17.7 Å². The number of benzene rings is 1. The summed E-state index contributed by atoms with van der Waals surface area (Å²) in [7, 11) is -0.767. The van der Waals surface area contributed by atoms with Crippen molar-refractivity contribution >= 4 is 10.8 Å². The lowest BCUT2D eigenvalue weighted by molar-refractivity contribution is 0.669. The summed E-state index contributed by atoms with van der Waals surface area (Å²) in [6.07, 6.45) is 4.78. The van der Waals surface area contributed by atoms with E-state index in [2.05, 4.69) is 6.92 Å². The van der Waals surface area contributed by atoms with Gasteiger partial charge in [-0.15, -0.1) is 0 Å². The van der Waals surface area contributed by atoms with Crippen LogP contribution >= 0.6 is 0 Å². The van der Waals surface area contributed by atoms with Crippen LogP contribution in [0.1, 0.15) is 31.2 Å². The fourth-order valence-corrected chi connectivity index (χ4v) is 3.52. The molecule has 0 N–H and O–H groups in total. The SMILES string of the molecule is Cc1ccc([S@@](=O)C2CCCC2)cc1. The summed E-state index contributed by atoms with van der Waals surface area (Å²) in [6, 6.07) is 8.10. The number of rotatable bonds is 2. The van der Waals surface area contributed by atoms with Crippen molar-refractivity contribution in [2.24, 2.45) is 0 Å². The maximum atomic E-state index is 12.1. The topological polar surface area (TPSA) is 17.1 Å². The molecule has 0 aliphatic heterocycles. The van der Waals surface area contributed by atoms with Crippen molar-refractivity contribution in [1.82, 2.24) is 0 Å². The van der Waals surface area contributed by atoms with Gasteiger partial charge < -0.3 is 0 Å². The van der Waals surface area contributed by atoms with Gasteiger partial charge in [-0.3, -0.25) is 4.21 Å². The Morgan fingerprint density at radius 3 is 2.29 bits per heavy atom. The highest BCUT2D eigenvalue weighted by Crippen LogP contribution is 2.26. The van der Waals surface area contributed by atoms with E-state index in [1.54, 1.807) is 0 Å². The molecule has 1 nitrogen and oxygen atoms in total. The van der Waals surface area contributed by atoms with Crippen LogP contribution in [0.5, 0.6) is 0 Å². The lowest BCUT2D eigenvalue weighted by Crippen LogP contribution is -2.10. The van der Waals surface area contributed by atoms with Crippen molar-refractivity contribution < 1.29 is 4.21 Å². The highest BCUT2D eigenvalue weighted by Gasteiger charge is 2.22. The molecule has 1 saturated carbocycles. The van der Waals surface area contributed by atoms with E-state index in [0.29, 0.717) is 5.25 Å². The van der Waals surface area contributed by atoms with Crippen molar-refractivity contribution in [1.29, 1.82) is 0 Å². The van der Waals surface area contributed by atoms with E-state index >= 15 is 0 Å². The second kappa shape index (κ2) is 4.26. The highest BCUT2D eigenvalue weighted by molar-refractivity contribution is 7.85. The summed E-state index contributed by atoms with van der Waals surface area (Å²) in [5.41, 5.74) is 1.23. The maximum absolute atomic E-state index is 12.1. The third kappa shape index (κ3) is 2.06. The quantitative estimate of drug-likeness (QED) is 0.730. The van der Waals surface area contributed by atoms with Crippen LogP contribution in [0.15, 0.2) is 29.2 Å². The molecular formula is C12H16OS. The second-order valence-corrected chi connectivity index (χ2v) is 5.75. The first-order valence-corrected chi connectivity index (χ1v) is 6.46. The second-order valence-electron chi connectivity index (χ2n) is 4.02. The molecule has 0 radical (unpaired) electrons. The molecule has 0 saturated heterocycles. The minimum atomic E-state index is -0.767. The third-order valence-corrected chi connectivity index (χ3v) is 4.67. The lowest BCUT2D eigenvalue weighted by atomic mass is 10.2. The van der Waals surface area contributed by atoms with Gasteiger partial charge >= 0.3 is 0 Å². The number of hydrogen-bond acceptors (Lipinski definition) is 1. The van der Waals surface area contributed by atoms with Crippen LogP contribution in [-0.2, 0) is 10.8 Å². The third-order valence-electron chi connectivity index (χ3n) is 2.86. The van der Waals surface area contributed by atoms with E-state index in [1.807, 2.05) is 24.3 Å². The van der Waals surface area contributed by atoms with Gasteiger partial charge in [0.25, 0.3) is 0 Å². The van der Waals surface area contributed by atoms with Crippen LogP contribution < -0.4 is 0 Å². The Labute approximate surface area is 88.0 Å². The average molecular weight is 208 g/mol. The van der Waals surface area contributed by atoms with Gasteiger partial charge in [0.05, 0.1) is 10.8 Å². The Hall–Kier alpha value is -0.630. The summed E-state index contributed by atoms with van der Waals surface area (Å²) >= 11 is 0. The molecular weight excluding hydrogens is 192 g/mol. The van der Waals surface area contributed by atoms with Gasteiger partial charge in [0.2, 0.25) is 0 Å². The molecule has 0 heterocycles.